The molecule has 0 heteroatoms. The summed E-state index contributed by atoms with van der Waals surface area (Å²) in [7, 11) is 0. The molecule has 13 heavy (non-hydrogen) atoms. The number of rotatable bonds is 3. The van der Waals surface area contributed by atoms with Crippen LogP contribution >= 0.6 is 0 Å². The van der Waals surface area contributed by atoms with Crippen LogP contribution < -0.4 is 0 Å². The smallest absolute Gasteiger partial charge is 0.0158 e. The molecule has 0 heterocycles. The second-order valence-electron chi connectivity index (χ2n) is 3.04. The van der Waals surface area contributed by atoms with Gasteiger partial charge in [0.1, 0.15) is 0 Å². The summed E-state index contributed by atoms with van der Waals surface area (Å²) in [5, 5.41) is 0. The van der Waals surface area contributed by atoms with Gasteiger partial charge in [-0.25, -0.2) is 0 Å². The molecule has 0 saturated heterocycles. The zero-order valence-electron chi connectivity index (χ0n) is 8.38. The molecule has 0 radical (unpaired) electrons. The van der Waals surface area contributed by atoms with Gasteiger partial charge in [-0.05, 0) is 30.0 Å². The van der Waals surface area contributed by atoms with E-state index in [2.05, 4.69) is 49.9 Å². The summed E-state index contributed by atoms with van der Waals surface area (Å²) in [5.41, 5.74) is 3.73. The molecule has 0 bridgehead atoms. The quantitative estimate of drug-likeness (QED) is 0.642. The van der Waals surface area contributed by atoms with Gasteiger partial charge in [0.2, 0.25) is 0 Å². The van der Waals surface area contributed by atoms with E-state index in [1.165, 1.54) is 16.7 Å². The molecule has 0 amide bonds. The maximum absolute atomic E-state index is 4.05. The average molecular weight is 172 g/mol. The van der Waals surface area contributed by atoms with Crippen molar-refractivity contribution >= 4 is 11.6 Å². The Labute approximate surface area is 80.6 Å². The van der Waals surface area contributed by atoms with Crippen molar-refractivity contribution in [2.75, 3.05) is 0 Å². The third kappa shape index (κ3) is 2.32. The van der Waals surface area contributed by atoms with E-state index in [1.807, 2.05) is 6.92 Å². The van der Waals surface area contributed by atoms with Crippen LogP contribution in [0.4, 0.5) is 0 Å². The van der Waals surface area contributed by atoms with Crippen molar-refractivity contribution in [3.63, 3.8) is 0 Å². The second kappa shape index (κ2) is 4.66. The van der Waals surface area contributed by atoms with Crippen molar-refractivity contribution in [1.82, 2.24) is 0 Å². The Morgan fingerprint density at radius 2 is 2.08 bits per heavy atom. The van der Waals surface area contributed by atoms with Crippen molar-refractivity contribution in [2.45, 2.75) is 20.3 Å². The van der Waals surface area contributed by atoms with Crippen LogP contribution in [-0.4, -0.2) is 0 Å². The standard InChI is InChI=1S/C13H16/c1-4-8-12-9-6-7-10-13(12)11(3)5-2/h4,6-10H,3,5H2,1-2H3/b8-4-. The molecule has 0 aliphatic heterocycles. The molecule has 0 aliphatic carbocycles. The monoisotopic (exact) mass is 172 g/mol. The number of benzene rings is 1. The number of allylic oxidation sites excluding steroid dienone is 2. The first kappa shape index (κ1) is 9.79. The van der Waals surface area contributed by atoms with E-state index in [4.69, 9.17) is 0 Å². The number of hydrogen-bond donors (Lipinski definition) is 0. The van der Waals surface area contributed by atoms with Crippen LogP contribution in [-0.2, 0) is 0 Å². The molecule has 0 aromatic heterocycles. The van der Waals surface area contributed by atoms with Gasteiger partial charge in [0.25, 0.3) is 0 Å². The Bertz CT molecular complexity index is 319. The Balaban J connectivity index is 3.11. The minimum Gasteiger partial charge on any atom is -0.0952 e. The predicted octanol–water partition coefficient (Wildman–Crippen LogP) is 4.14. The zero-order chi connectivity index (χ0) is 9.68. The first-order valence-corrected chi connectivity index (χ1v) is 4.69. The third-order valence-electron chi connectivity index (χ3n) is 2.11. The summed E-state index contributed by atoms with van der Waals surface area (Å²) in [5.74, 6) is 0. The van der Waals surface area contributed by atoms with E-state index in [0.29, 0.717) is 0 Å². The van der Waals surface area contributed by atoms with Gasteiger partial charge in [-0.1, -0.05) is 49.9 Å². The Morgan fingerprint density at radius 3 is 2.69 bits per heavy atom. The second-order valence-corrected chi connectivity index (χ2v) is 3.04. The van der Waals surface area contributed by atoms with E-state index >= 15 is 0 Å². The fraction of sp³-hybridized carbons (Fsp3) is 0.231. The Hall–Kier alpha value is -1.30. The first-order valence-electron chi connectivity index (χ1n) is 4.69. The minimum absolute atomic E-state index is 1.01. The lowest BCUT2D eigenvalue weighted by atomic mass is 9.99. The van der Waals surface area contributed by atoms with Crippen LogP contribution in [0.1, 0.15) is 31.4 Å². The van der Waals surface area contributed by atoms with Gasteiger partial charge in [-0.3, -0.25) is 0 Å². The van der Waals surface area contributed by atoms with E-state index in [-0.39, 0.29) is 0 Å². The average Bonchev–Trinajstić information content (AvgIpc) is 2.18. The number of hydrogen-bond acceptors (Lipinski definition) is 0. The molecule has 0 saturated carbocycles. The van der Waals surface area contributed by atoms with Crippen LogP contribution in [0.2, 0.25) is 0 Å². The molecule has 0 spiro atoms. The van der Waals surface area contributed by atoms with Crippen molar-refractivity contribution in [3.8, 4) is 0 Å². The molecular formula is C13H16. The molecule has 68 valence electrons. The van der Waals surface area contributed by atoms with E-state index in [0.717, 1.165) is 6.42 Å². The molecule has 1 rings (SSSR count). The normalized spacial score (nSPS) is 10.6. The fourth-order valence-corrected chi connectivity index (χ4v) is 1.33. The van der Waals surface area contributed by atoms with E-state index < -0.39 is 0 Å². The summed E-state index contributed by atoms with van der Waals surface area (Å²) in [4.78, 5) is 0. The molecule has 0 unspecified atom stereocenters. The summed E-state index contributed by atoms with van der Waals surface area (Å²) in [6.07, 6.45) is 5.19. The lowest BCUT2D eigenvalue weighted by Crippen LogP contribution is -1.85. The molecule has 0 fully saturated rings. The molecule has 1 aromatic rings. The van der Waals surface area contributed by atoms with Crippen molar-refractivity contribution in [3.05, 3.63) is 48.0 Å². The van der Waals surface area contributed by atoms with E-state index in [9.17, 15) is 0 Å². The maximum atomic E-state index is 4.05. The molecule has 0 aliphatic rings. The van der Waals surface area contributed by atoms with Gasteiger partial charge < -0.3 is 0 Å². The van der Waals surface area contributed by atoms with Crippen LogP contribution in [0.5, 0.6) is 0 Å². The fourth-order valence-electron chi connectivity index (χ4n) is 1.33. The molecule has 0 atom stereocenters. The highest BCUT2D eigenvalue weighted by Crippen LogP contribution is 2.21. The van der Waals surface area contributed by atoms with Crippen LogP contribution in [0.25, 0.3) is 11.6 Å². The Morgan fingerprint density at radius 1 is 1.38 bits per heavy atom. The largest absolute Gasteiger partial charge is 0.0952 e. The van der Waals surface area contributed by atoms with E-state index in [1.54, 1.807) is 0 Å². The van der Waals surface area contributed by atoms with Crippen LogP contribution in [0.3, 0.4) is 0 Å². The third-order valence-corrected chi connectivity index (χ3v) is 2.11. The topological polar surface area (TPSA) is 0 Å². The highest BCUT2D eigenvalue weighted by molar-refractivity contribution is 5.72. The minimum atomic E-state index is 1.01. The summed E-state index contributed by atoms with van der Waals surface area (Å²) >= 11 is 0. The van der Waals surface area contributed by atoms with Gasteiger partial charge in [0, 0.05) is 0 Å². The molecule has 0 nitrogen and oxygen atoms in total. The van der Waals surface area contributed by atoms with Crippen LogP contribution in [0, 0.1) is 0 Å². The lowest BCUT2D eigenvalue weighted by Gasteiger charge is -2.06. The van der Waals surface area contributed by atoms with Gasteiger partial charge in [0.15, 0.2) is 0 Å². The van der Waals surface area contributed by atoms with Crippen molar-refractivity contribution in [1.29, 1.82) is 0 Å². The van der Waals surface area contributed by atoms with Gasteiger partial charge in [-0.2, -0.15) is 0 Å². The zero-order valence-corrected chi connectivity index (χ0v) is 8.38. The molecule has 1 aromatic carbocycles. The van der Waals surface area contributed by atoms with Crippen LogP contribution in [0.15, 0.2) is 36.9 Å². The summed E-state index contributed by atoms with van der Waals surface area (Å²) < 4.78 is 0. The summed E-state index contributed by atoms with van der Waals surface area (Å²) in [6.45, 7) is 8.22. The Kier molecular flexibility index (Phi) is 3.51. The SMILES string of the molecule is C=C(CC)c1ccccc1/C=C\C. The lowest BCUT2D eigenvalue weighted by molar-refractivity contribution is 1.24. The molecule has 0 N–H and O–H groups in total. The summed E-state index contributed by atoms with van der Waals surface area (Å²) in [6, 6.07) is 8.36. The van der Waals surface area contributed by atoms with Gasteiger partial charge in [-0.15, -0.1) is 0 Å². The van der Waals surface area contributed by atoms with Gasteiger partial charge >= 0.3 is 0 Å². The highest BCUT2D eigenvalue weighted by atomic mass is 14.0. The molecular weight excluding hydrogens is 156 g/mol. The van der Waals surface area contributed by atoms with Gasteiger partial charge in [0.05, 0.1) is 0 Å². The maximum Gasteiger partial charge on any atom is -0.0158 e. The highest BCUT2D eigenvalue weighted by Gasteiger charge is 1.99. The first-order chi connectivity index (χ1) is 6.29. The predicted molar refractivity (Wildman–Crippen MR) is 60.5 cm³/mol. The van der Waals surface area contributed by atoms with Crippen molar-refractivity contribution in [2.24, 2.45) is 0 Å². The van der Waals surface area contributed by atoms with Crippen molar-refractivity contribution < 1.29 is 0 Å².